The predicted octanol–water partition coefficient (Wildman–Crippen LogP) is 6.21. The summed E-state index contributed by atoms with van der Waals surface area (Å²) < 4.78 is 3.25. The normalized spacial score (nSPS) is 12.5. The van der Waals surface area contributed by atoms with Gasteiger partial charge in [0.15, 0.2) is 0 Å². The van der Waals surface area contributed by atoms with Crippen LogP contribution in [0.5, 0.6) is 0 Å². The molecule has 0 rings (SSSR count). The molecule has 4 heteroatoms. The third-order valence-electron chi connectivity index (χ3n) is 2.59. The van der Waals surface area contributed by atoms with Crippen molar-refractivity contribution in [1.82, 2.24) is 0 Å². The predicted molar refractivity (Wildman–Crippen MR) is 112 cm³/mol. The summed E-state index contributed by atoms with van der Waals surface area (Å²) in [4.78, 5) is 0. The second-order valence-electron chi connectivity index (χ2n) is 4.67. The fraction of sp³-hybridized carbons (Fsp3) is 0.556. The Bertz CT molecular complexity index is 315. The summed E-state index contributed by atoms with van der Waals surface area (Å²) in [6.45, 7) is 12.2. The van der Waals surface area contributed by atoms with Crippen molar-refractivity contribution in [3.8, 4) is 0 Å². The summed E-state index contributed by atoms with van der Waals surface area (Å²) in [5.74, 6) is 2.54. The van der Waals surface area contributed by atoms with E-state index in [1.54, 1.807) is 7.61 Å². The van der Waals surface area contributed by atoms with Gasteiger partial charge in [-0.05, 0) is 0 Å². The van der Waals surface area contributed by atoms with Crippen LogP contribution in [0, 0.1) is 0 Å². The summed E-state index contributed by atoms with van der Waals surface area (Å²) in [5, 5.41) is 0. The molecule has 0 nitrogen and oxygen atoms in total. The summed E-state index contributed by atoms with van der Waals surface area (Å²) in [7, 11) is 0. The molecule has 0 bridgehead atoms. The zero-order valence-corrected chi connectivity index (χ0v) is 19.1. The average Bonchev–Trinajstić information content (AvgIpc) is 2.54. The van der Waals surface area contributed by atoms with Crippen LogP contribution in [0.1, 0.15) is 52.4 Å². The van der Waals surface area contributed by atoms with Crippen LogP contribution in [0.15, 0.2) is 45.1 Å². The van der Waals surface area contributed by atoms with Crippen LogP contribution in [0.4, 0.5) is 0 Å². The first-order valence-corrected chi connectivity index (χ1v) is 16.0. The van der Waals surface area contributed by atoms with Crippen molar-refractivity contribution in [2.24, 2.45) is 0 Å². The van der Waals surface area contributed by atoms with Gasteiger partial charge in [-0.3, -0.25) is 0 Å². The van der Waals surface area contributed by atoms with Gasteiger partial charge in [-0.2, -0.15) is 0 Å². The topological polar surface area (TPSA) is 0 Å². The van der Waals surface area contributed by atoms with Gasteiger partial charge in [0, 0.05) is 0 Å². The van der Waals surface area contributed by atoms with E-state index in [4.69, 9.17) is 0 Å². The molecule has 0 aliphatic carbocycles. The Morgan fingerprint density at radius 1 is 0.818 bits per heavy atom. The molecule has 0 spiro atoms. The molecule has 0 aromatic heterocycles. The second-order valence-corrected chi connectivity index (χ2v) is 14.3. The number of hydrogen-bond acceptors (Lipinski definition) is 2. The number of unbranched alkanes of at least 4 members (excludes halogenated alkanes) is 2. The molecule has 0 atom stereocenters. The van der Waals surface area contributed by atoms with Crippen molar-refractivity contribution in [3.63, 3.8) is 0 Å². The van der Waals surface area contributed by atoms with Crippen molar-refractivity contribution < 1.29 is 0 Å². The third kappa shape index (κ3) is 14.3. The van der Waals surface area contributed by atoms with Crippen LogP contribution >= 0.6 is 23.5 Å². The van der Waals surface area contributed by atoms with E-state index in [0.717, 1.165) is 12.8 Å². The molecule has 0 aliphatic heterocycles. The van der Waals surface area contributed by atoms with Gasteiger partial charge in [-0.15, -0.1) is 0 Å². The van der Waals surface area contributed by atoms with Gasteiger partial charge in [0.25, 0.3) is 0 Å². The molecule has 0 fully saturated rings. The zero-order valence-electron chi connectivity index (χ0n) is 14.0. The zero-order chi connectivity index (χ0) is 16.5. The first-order chi connectivity index (χ1) is 10.8. The Balaban J connectivity index is 4.44. The van der Waals surface area contributed by atoms with E-state index in [2.05, 4.69) is 62.7 Å². The van der Waals surface area contributed by atoms with E-state index < -0.39 is 0 Å². The van der Waals surface area contributed by atoms with Crippen molar-refractivity contribution >= 4 is 49.8 Å². The van der Waals surface area contributed by atoms with Crippen LogP contribution < -0.4 is 0 Å². The molecular weight excluding hydrogens is 438 g/mol. The van der Waals surface area contributed by atoms with E-state index in [1.165, 1.54) is 37.2 Å². The summed E-state index contributed by atoms with van der Waals surface area (Å²) in [5.41, 5.74) is 0. The Morgan fingerprint density at radius 3 is 1.55 bits per heavy atom. The van der Waals surface area contributed by atoms with Crippen molar-refractivity contribution in [3.05, 3.63) is 45.1 Å². The maximum absolute atomic E-state index is 3.85. The van der Waals surface area contributed by atoms with Crippen molar-refractivity contribution in [2.75, 3.05) is 11.5 Å². The molecule has 0 aromatic carbocycles. The Labute approximate surface area is 158 Å². The summed E-state index contributed by atoms with van der Waals surface area (Å²) >= 11 is 5.41. The fourth-order valence-corrected chi connectivity index (χ4v) is 14.0. The fourth-order valence-electron chi connectivity index (χ4n) is 1.31. The van der Waals surface area contributed by atoms with E-state index in [1.807, 2.05) is 12.2 Å². The number of hydrogen-bond donors (Lipinski definition) is 0. The second kappa shape index (κ2) is 18.0. The monoisotopic (exact) mass is 470 g/mol. The quantitative estimate of drug-likeness (QED) is 0.159. The number of allylic oxidation sites excluding steroid dienone is 4. The first-order valence-electron chi connectivity index (χ1n) is 8.00. The molecule has 0 heterocycles. The van der Waals surface area contributed by atoms with Crippen LogP contribution in [0.25, 0.3) is 0 Å². The molecule has 0 aliphatic rings. The minimum atomic E-state index is 0.626. The first kappa shape index (κ1) is 22.7. The standard InChI is InChI=1S/C18H30S2Se2/c1-5-9-13-17(19-15-11-7-3)21-22-18(14-10-6-2)20-16-12-8-4/h5-6,13-14H,1-2,7-12,15-16H2,3-4H3/b17-13+,18-14+. The molecule has 0 amide bonds. The molecule has 22 heavy (non-hydrogen) atoms. The van der Waals surface area contributed by atoms with Gasteiger partial charge in [-0.1, -0.05) is 0 Å². The third-order valence-corrected chi connectivity index (χ3v) is 15.7. The van der Waals surface area contributed by atoms with Gasteiger partial charge >= 0.3 is 159 Å². The number of thioether (sulfide) groups is 2. The molecule has 0 N–H and O–H groups in total. The summed E-state index contributed by atoms with van der Waals surface area (Å²) in [6, 6.07) is 0. The van der Waals surface area contributed by atoms with Gasteiger partial charge in [0.05, 0.1) is 0 Å². The van der Waals surface area contributed by atoms with E-state index in [9.17, 15) is 0 Å². The Kier molecular flexibility index (Phi) is 18.6. The summed E-state index contributed by atoms with van der Waals surface area (Å²) in [6.07, 6.45) is 16.1. The van der Waals surface area contributed by atoms with Crippen LogP contribution in [-0.2, 0) is 0 Å². The van der Waals surface area contributed by atoms with Gasteiger partial charge in [0.2, 0.25) is 0 Å². The van der Waals surface area contributed by atoms with Crippen LogP contribution in [-0.4, -0.2) is 37.8 Å². The molecule has 126 valence electrons. The molecule has 0 saturated heterocycles. The van der Waals surface area contributed by atoms with E-state index in [-0.39, 0.29) is 0 Å². The molecule has 0 radical (unpaired) electrons. The van der Waals surface area contributed by atoms with Crippen molar-refractivity contribution in [2.45, 2.75) is 52.4 Å². The van der Waals surface area contributed by atoms with Crippen LogP contribution in [0.3, 0.4) is 0 Å². The Morgan fingerprint density at radius 2 is 1.23 bits per heavy atom. The number of rotatable bonds is 15. The molecular formula is C18H30S2Se2. The van der Waals surface area contributed by atoms with E-state index in [0.29, 0.717) is 26.3 Å². The minimum absolute atomic E-state index is 0.626. The van der Waals surface area contributed by atoms with Crippen molar-refractivity contribution in [1.29, 1.82) is 0 Å². The maximum atomic E-state index is 3.85. The Hall–Kier alpha value is 0.699. The molecule has 0 unspecified atom stereocenters. The average molecular weight is 468 g/mol. The van der Waals surface area contributed by atoms with E-state index >= 15 is 0 Å². The molecule has 0 saturated carbocycles. The van der Waals surface area contributed by atoms with Crippen LogP contribution in [0.2, 0.25) is 0 Å². The van der Waals surface area contributed by atoms with Gasteiger partial charge < -0.3 is 0 Å². The SMILES string of the molecule is C=CC/C=C(\SCCCC)[Se][Se]/C(=C/CC=C)SCCCC. The van der Waals surface area contributed by atoms with Gasteiger partial charge in [-0.25, -0.2) is 0 Å². The molecule has 0 aromatic rings. The van der Waals surface area contributed by atoms with Gasteiger partial charge in [0.1, 0.15) is 0 Å².